The highest BCUT2D eigenvalue weighted by atomic mass is 32.1. The van der Waals surface area contributed by atoms with Gasteiger partial charge in [0.2, 0.25) is 0 Å². The van der Waals surface area contributed by atoms with Gasteiger partial charge in [0.25, 0.3) is 0 Å². The van der Waals surface area contributed by atoms with E-state index in [2.05, 4.69) is 185 Å². The number of fused-ring (bicyclic) bond motifs is 10. The van der Waals surface area contributed by atoms with Crippen molar-refractivity contribution in [1.29, 1.82) is 0 Å². The van der Waals surface area contributed by atoms with Crippen LogP contribution in [0.4, 0.5) is 0 Å². The van der Waals surface area contributed by atoms with Crippen molar-refractivity contribution in [3.05, 3.63) is 182 Å². The van der Waals surface area contributed by atoms with E-state index in [1.807, 2.05) is 11.3 Å². The molecule has 240 valence electrons. The summed E-state index contributed by atoms with van der Waals surface area (Å²) < 4.78 is 7.61. The van der Waals surface area contributed by atoms with E-state index in [1.54, 1.807) is 0 Å². The van der Waals surface area contributed by atoms with Gasteiger partial charge in [-0.2, -0.15) is 0 Å². The van der Waals surface area contributed by atoms with E-state index < -0.39 is 0 Å². The van der Waals surface area contributed by atoms with Gasteiger partial charge in [-0.3, -0.25) is 0 Å². The Balaban J connectivity index is 1.16. The highest BCUT2D eigenvalue weighted by Crippen LogP contribution is 2.43. The number of para-hydroxylation sites is 2. The van der Waals surface area contributed by atoms with Crippen LogP contribution in [0.25, 0.3) is 86.3 Å². The minimum Gasteiger partial charge on any atom is -0.309 e. The molecular weight excluding hydrogens is 637 g/mol. The summed E-state index contributed by atoms with van der Waals surface area (Å²) in [6, 6.07) is 56.4. The molecular formula is C48H32N2S. The Labute approximate surface area is 299 Å². The lowest BCUT2D eigenvalue weighted by Crippen LogP contribution is -1.97. The number of hydrogen-bond acceptors (Lipinski definition) is 1. The number of hydrogen-bond donors (Lipinski definition) is 0. The lowest BCUT2D eigenvalue weighted by molar-refractivity contribution is 0.854. The molecule has 0 fully saturated rings. The van der Waals surface area contributed by atoms with Crippen molar-refractivity contribution >= 4 is 75.1 Å². The molecule has 1 aliphatic rings. The van der Waals surface area contributed by atoms with Crippen LogP contribution in [-0.2, 0) is 0 Å². The van der Waals surface area contributed by atoms with Crippen molar-refractivity contribution in [3.8, 4) is 22.5 Å². The third-order valence-electron chi connectivity index (χ3n) is 10.8. The zero-order valence-corrected chi connectivity index (χ0v) is 28.6. The average Bonchev–Trinajstić information content (AvgIpc) is 3.85. The second-order valence-electron chi connectivity index (χ2n) is 13.7. The molecule has 1 atom stereocenters. The van der Waals surface area contributed by atoms with Gasteiger partial charge in [0.05, 0.1) is 22.1 Å². The summed E-state index contributed by atoms with van der Waals surface area (Å²) in [7, 11) is 0. The lowest BCUT2D eigenvalue weighted by Gasteiger charge is -2.15. The van der Waals surface area contributed by atoms with Crippen LogP contribution in [0.1, 0.15) is 17.9 Å². The first-order valence-corrected chi connectivity index (χ1v) is 18.5. The molecule has 2 nitrogen and oxygen atoms in total. The van der Waals surface area contributed by atoms with E-state index >= 15 is 0 Å². The summed E-state index contributed by atoms with van der Waals surface area (Å²) in [4.78, 5) is 0. The number of rotatable bonds is 4. The van der Waals surface area contributed by atoms with Crippen LogP contribution in [0, 0.1) is 0 Å². The predicted molar refractivity (Wildman–Crippen MR) is 219 cm³/mol. The molecule has 0 radical (unpaired) electrons. The van der Waals surface area contributed by atoms with Crippen LogP contribution in [0.5, 0.6) is 0 Å². The molecule has 1 unspecified atom stereocenters. The van der Waals surface area contributed by atoms with Crippen LogP contribution in [0.3, 0.4) is 0 Å². The second-order valence-corrected chi connectivity index (χ2v) is 14.8. The molecule has 51 heavy (non-hydrogen) atoms. The molecule has 1 aliphatic carbocycles. The first-order valence-electron chi connectivity index (χ1n) is 17.7. The van der Waals surface area contributed by atoms with E-state index in [0.29, 0.717) is 5.92 Å². The smallest absolute Gasteiger partial charge is 0.0641 e. The Morgan fingerprint density at radius 3 is 2.04 bits per heavy atom. The monoisotopic (exact) mass is 668 g/mol. The Morgan fingerprint density at radius 2 is 1.18 bits per heavy atom. The van der Waals surface area contributed by atoms with Crippen LogP contribution in [0.2, 0.25) is 0 Å². The van der Waals surface area contributed by atoms with E-state index in [4.69, 9.17) is 0 Å². The molecule has 0 bridgehead atoms. The molecule has 0 aliphatic heterocycles. The third kappa shape index (κ3) is 4.35. The van der Waals surface area contributed by atoms with Crippen LogP contribution in [0.15, 0.2) is 176 Å². The van der Waals surface area contributed by atoms with Gasteiger partial charge in [0.1, 0.15) is 0 Å². The first-order chi connectivity index (χ1) is 25.3. The molecule has 0 N–H and O–H groups in total. The molecule has 0 saturated carbocycles. The highest BCUT2D eigenvalue weighted by Gasteiger charge is 2.21. The zero-order valence-electron chi connectivity index (χ0n) is 27.8. The molecule has 0 amide bonds. The summed E-state index contributed by atoms with van der Waals surface area (Å²) >= 11 is 1.88. The normalized spacial score (nSPS) is 14.6. The largest absolute Gasteiger partial charge is 0.309 e. The fraction of sp³-hybridized carbons (Fsp3) is 0.0417. The maximum Gasteiger partial charge on any atom is 0.0641 e. The van der Waals surface area contributed by atoms with Gasteiger partial charge in [0.15, 0.2) is 0 Å². The van der Waals surface area contributed by atoms with Crippen molar-refractivity contribution in [2.75, 3.05) is 0 Å². The fourth-order valence-corrected chi connectivity index (χ4v) is 9.65. The maximum absolute atomic E-state index is 2.50. The van der Waals surface area contributed by atoms with Gasteiger partial charge in [0, 0.05) is 59.0 Å². The quantitative estimate of drug-likeness (QED) is 0.177. The van der Waals surface area contributed by atoms with Crippen molar-refractivity contribution < 1.29 is 0 Å². The molecule has 0 saturated heterocycles. The standard InChI is InChI=1S/C48H32N2S/c1-2-12-31(13-3-1)32-14-10-15-33(28-32)34-16-11-17-35(29-34)49-43-22-8-5-20-41(43)47-44(49)27-26-40-37-18-4-7-21-42(37)50(48(40)47)36-24-25-39-38-19-6-9-23-45(38)51-46(39)30-36/h1-12,14-31H,13H2. The van der Waals surface area contributed by atoms with Gasteiger partial charge in [-0.25, -0.2) is 0 Å². The Kier molecular flexibility index (Phi) is 6.28. The SMILES string of the molecule is C1=CCC(c2cccc(-c3cccc(-n4c5ccccc5c5c4ccc4c6ccccc6n(-c6ccc7c(c6)sc6ccccc67)c45)c3)c2)C=C1. The third-order valence-corrected chi connectivity index (χ3v) is 12.0. The number of thiophene rings is 1. The molecule has 7 aromatic carbocycles. The van der Waals surface area contributed by atoms with E-state index in [-0.39, 0.29) is 0 Å². The summed E-state index contributed by atoms with van der Waals surface area (Å²) in [6.45, 7) is 0. The number of benzene rings is 7. The molecule has 3 aromatic heterocycles. The predicted octanol–water partition coefficient (Wildman–Crippen LogP) is 13.5. The minimum absolute atomic E-state index is 0.421. The zero-order chi connectivity index (χ0) is 33.5. The van der Waals surface area contributed by atoms with E-state index in [0.717, 1.165) is 6.42 Å². The highest BCUT2D eigenvalue weighted by molar-refractivity contribution is 7.25. The summed E-state index contributed by atoms with van der Waals surface area (Å²) in [5, 5.41) is 7.73. The number of nitrogens with zero attached hydrogens (tertiary/aromatic N) is 2. The lowest BCUT2D eigenvalue weighted by atomic mass is 9.90. The first kappa shape index (κ1) is 28.7. The average molecular weight is 669 g/mol. The van der Waals surface area contributed by atoms with Crippen molar-refractivity contribution in [2.24, 2.45) is 0 Å². The summed E-state index contributed by atoms with van der Waals surface area (Å²) in [5.74, 6) is 0.421. The van der Waals surface area contributed by atoms with Gasteiger partial charge in [-0.15, -0.1) is 11.3 Å². The van der Waals surface area contributed by atoms with Crippen molar-refractivity contribution in [3.63, 3.8) is 0 Å². The topological polar surface area (TPSA) is 9.86 Å². The van der Waals surface area contributed by atoms with Crippen molar-refractivity contribution in [1.82, 2.24) is 9.13 Å². The van der Waals surface area contributed by atoms with Crippen LogP contribution < -0.4 is 0 Å². The molecule has 3 heteroatoms. The van der Waals surface area contributed by atoms with Crippen LogP contribution in [-0.4, -0.2) is 9.13 Å². The Morgan fingerprint density at radius 1 is 0.471 bits per heavy atom. The van der Waals surface area contributed by atoms with Gasteiger partial charge in [-0.1, -0.05) is 127 Å². The van der Waals surface area contributed by atoms with E-state index in [9.17, 15) is 0 Å². The Hall–Kier alpha value is -6.16. The Bertz CT molecular complexity index is 3070. The van der Waals surface area contributed by atoms with Gasteiger partial charge >= 0.3 is 0 Å². The number of aromatic nitrogens is 2. The fourth-order valence-electron chi connectivity index (χ4n) is 8.51. The van der Waals surface area contributed by atoms with E-state index in [1.165, 1.54) is 91.8 Å². The van der Waals surface area contributed by atoms with Gasteiger partial charge in [-0.05, 0) is 71.6 Å². The van der Waals surface area contributed by atoms with Gasteiger partial charge < -0.3 is 9.13 Å². The maximum atomic E-state index is 2.50. The van der Waals surface area contributed by atoms with Crippen molar-refractivity contribution in [2.45, 2.75) is 12.3 Å². The molecule has 11 rings (SSSR count). The minimum atomic E-state index is 0.421. The number of allylic oxidation sites excluding steroid dienone is 4. The summed E-state index contributed by atoms with van der Waals surface area (Å²) in [6.07, 6.45) is 9.94. The second kappa shape index (κ2) is 11.2. The summed E-state index contributed by atoms with van der Waals surface area (Å²) in [5.41, 5.74) is 11.1. The molecule has 10 aromatic rings. The molecule has 3 heterocycles. The van der Waals surface area contributed by atoms with Crippen LogP contribution >= 0.6 is 11.3 Å². The molecule has 0 spiro atoms.